The van der Waals surface area contributed by atoms with Crippen molar-refractivity contribution < 1.29 is 4.79 Å². The van der Waals surface area contributed by atoms with E-state index in [1.54, 1.807) is 7.05 Å². The van der Waals surface area contributed by atoms with Crippen molar-refractivity contribution in [3.63, 3.8) is 0 Å². The minimum atomic E-state index is 0.113. The average molecular weight is 126 g/mol. The number of carbonyl (C=O) groups is 1. The van der Waals surface area contributed by atoms with Crippen LogP contribution in [0, 0.1) is 0 Å². The largest absolute Gasteiger partial charge is 0.273 e. The van der Waals surface area contributed by atoms with E-state index in [-0.39, 0.29) is 5.91 Å². The second kappa shape index (κ2) is 2.19. The first-order valence-corrected chi connectivity index (χ1v) is 2.94. The number of hydrogen-bond acceptors (Lipinski definition) is 2. The van der Waals surface area contributed by atoms with Gasteiger partial charge in [-0.15, -0.1) is 0 Å². The average Bonchev–Trinajstić information content (AvgIpc) is 2.12. The van der Waals surface area contributed by atoms with Gasteiger partial charge >= 0.3 is 0 Å². The smallest absolute Gasteiger partial charge is 0.241 e. The predicted octanol–water partition coefficient (Wildman–Crippen LogP) is 0.257. The van der Waals surface area contributed by atoms with Crippen LogP contribution in [0.1, 0.15) is 12.8 Å². The monoisotopic (exact) mass is 126 g/mol. The number of nitrogens with zero attached hydrogens (tertiary/aromatic N) is 1. The molecule has 1 heterocycles. The van der Waals surface area contributed by atoms with Crippen molar-refractivity contribution in [3.8, 4) is 0 Å². The fraction of sp³-hybridized carbons (Fsp3) is 0.500. The number of nitrogens with one attached hydrogen (secondary N) is 1. The first kappa shape index (κ1) is 6.29. The molecule has 0 aromatic heterocycles. The van der Waals surface area contributed by atoms with Gasteiger partial charge < -0.3 is 0 Å². The highest BCUT2D eigenvalue weighted by atomic mass is 16.2. The van der Waals surface area contributed by atoms with Gasteiger partial charge in [-0.25, -0.2) is 5.43 Å². The Hall–Kier alpha value is -0.830. The van der Waals surface area contributed by atoms with E-state index in [9.17, 15) is 4.79 Å². The molecule has 0 atom stereocenters. The standard InChI is InChI=1S/C6H10N2O/c1-5-3-4-6(9)8(5)7-2/h7H,1,3-4H2,2H3. The molecule has 1 aliphatic rings. The Morgan fingerprint density at radius 2 is 2.33 bits per heavy atom. The molecule has 0 unspecified atom stereocenters. The first-order chi connectivity index (χ1) is 4.25. The van der Waals surface area contributed by atoms with Gasteiger partial charge in [0.15, 0.2) is 0 Å². The maximum Gasteiger partial charge on any atom is 0.241 e. The molecule has 1 fully saturated rings. The van der Waals surface area contributed by atoms with Crippen LogP contribution in [0.15, 0.2) is 12.3 Å². The molecule has 0 saturated carbocycles. The first-order valence-electron chi connectivity index (χ1n) is 2.94. The zero-order valence-corrected chi connectivity index (χ0v) is 5.48. The Morgan fingerprint density at radius 3 is 2.56 bits per heavy atom. The van der Waals surface area contributed by atoms with Crippen molar-refractivity contribution >= 4 is 5.91 Å². The summed E-state index contributed by atoms with van der Waals surface area (Å²) in [4.78, 5) is 10.8. The summed E-state index contributed by atoms with van der Waals surface area (Å²) >= 11 is 0. The summed E-state index contributed by atoms with van der Waals surface area (Å²) in [7, 11) is 1.72. The van der Waals surface area contributed by atoms with E-state index in [0.717, 1.165) is 12.1 Å². The summed E-state index contributed by atoms with van der Waals surface area (Å²) in [6.45, 7) is 3.70. The van der Waals surface area contributed by atoms with E-state index in [4.69, 9.17) is 0 Å². The Labute approximate surface area is 54.3 Å². The van der Waals surface area contributed by atoms with Crippen LogP contribution >= 0.6 is 0 Å². The van der Waals surface area contributed by atoms with Crippen molar-refractivity contribution in [2.45, 2.75) is 12.8 Å². The quantitative estimate of drug-likeness (QED) is 0.546. The van der Waals surface area contributed by atoms with Crippen LogP contribution in [0.5, 0.6) is 0 Å². The molecular weight excluding hydrogens is 116 g/mol. The van der Waals surface area contributed by atoms with Gasteiger partial charge in [0.25, 0.3) is 0 Å². The highest BCUT2D eigenvalue weighted by Crippen LogP contribution is 2.16. The molecule has 0 aliphatic carbocycles. The molecule has 1 rings (SSSR count). The van der Waals surface area contributed by atoms with Crippen molar-refractivity contribution in [3.05, 3.63) is 12.3 Å². The van der Waals surface area contributed by atoms with Crippen LogP contribution in [0.3, 0.4) is 0 Å². The molecule has 1 N–H and O–H groups in total. The molecule has 1 saturated heterocycles. The van der Waals surface area contributed by atoms with Crippen molar-refractivity contribution in [2.24, 2.45) is 0 Å². The van der Waals surface area contributed by atoms with E-state index < -0.39 is 0 Å². The molecule has 50 valence electrons. The normalized spacial score (nSPS) is 19.4. The van der Waals surface area contributed by atoms with Gasteiger partial charge in [-0.1, -0.05) is 6.58 Å². The van der Waals surface area contributed by atoms with E-state index in [0.29, 0.717) is 6.42 Å². The predicted molar refractivity (Wildman–Crippen MR) is 34.3 cm³/mol. The maximum absolute atomic E-state index is 10.8. The highest BCUT2D eigenvalue weighted by Gasteiger charge is 2.21. The number of hydrazine groups is 1. The lowest BCUT2D eigenvalue weighted by molar-refractivity contribution is -0.128. The SMILES string of the molecule is C=C1CCC(=O)N1NC. The molecule has 9 heavy (non-hydrogen) atoms. The van der Waals surface area contributed by atoms with Crippen molar-refractivity contribution in [2.75, 3.05) is 7.05 Å². The molecular formula is C6H10N2O. The van der Waals surface area contributed by atoms with Gasteiger partial charge in [0, 0.05) is 19.2 Å². The molecule has 0 aromatic carbocycles. The lowest BCUT2D eigenvalue weighted by Gasteiger charge is -2.13. The van der Waals surface area contributed by atoms with Crippen molar-refractivity contribution in [1.82, 2.24) is 10.4 Å². The fourth-order valence-corrected chi connectivity index (χ4v) is 0.934. The Bertz CT molecular complexity index is 137. The third kappa shape index (κ3) is 0.954. The van der Waals surface area contributed by atoms with Crippen LogP contribution < -0.4 is 5.43 Å². The number of rotatable bonds is 1. The van der Waals surface area contributed by atoms with Gasteiger partial charge in [0.1, 0.15) is 0 Å². The molecule has 0 spiro atoms. The summed E-state index contributed by atoms with van der Waals surface area (Å²) in [5, 5.41) is 1.49. The van der Waals surface area contributed by atoms with Gasteiger partial charge in [-0.3, -0.25) is 9.80 Å². The molecule has 1 aliphatic heterocycles. The van der Waals surface area contributed by atoms with Gasteiger partial charge in [-0.05, 0) is 6.42 Å². The molecule has 3 heteroatoms. The number of hydrogen-bond donors (Lipinski definition) is 1. The second-order valence-electron chi connectivity index (χ2n) is 2.02. The Balaban J connectivity index is 2.66. The highest BCUT2D eigenvalue weighted by molar-refractivity contribution is 5.80. The topological polar surface area (TPSA) is 32.3 Å². The summed E-state index contributed by atoms with van der Waals surface area (Å²) in [6, 6.07) is 0. The zero-order valence-electron chi connectivity index (χ0n) is 5.48. The number of amides is 1. The van der Waals surface area contributed by atoms with Crippen LogP contribution in [-0.2, 0) is 4.79 Å². The minimum Gasteiger partial charge on any atom is -0.273 e. The summed E-state index contributed by atoms with van der Waals surface area (Å²) in [5.41, 5.74) is 3.61. The molecule has 0 aromatic rings. The lowest BCUT2D eigenvalue weighted by Crippen LogP contribution is -2.34. The zero-order chi connectivity index (χ0) is 6.85. The number of allylic oxidation sites excluding steroid dienone is 1. The molecule has 1 amide bonds. The van der Waals surface area contributed by atoms with E-state index >= 15 is 0 Å². The Morgan fingerprint density at radius 1 is 1.67 bits per heavy atom. The number of carbonyl (C=O) groups excluding carboxylic acids is 1. The summed E-state index contributed by atoms with van der Waals surface area (Å²) < 4.78 is 0. The van der Waals surface area contributed by atoms with E-state index in [1.165, 1.54) is 5.01 Å². The fourth-order valence-electron chi connectivity index (χ4n) is 0.934. The van der Waals surface area contributed by atoms with Gasteiger partial charge in [0.05, 0.1) is 0 Å². The van der Waals surface area contributed by atoms with Gasteiger partial charge in [-0.2, -0.15) is 0 Å². The third-order valence-electron chi connectivity index (χ3n) is 1.42. The van der Waals surface area contributed by atoms with E-state index in [1.807, 2.05) is 0 Å². The summed E-state index contributed by atoms with van der Waals surface area (Å²) in [5.74, 6) is 0.113. The molecule has 3 nitrogen and oxygen atoms in total. The van der Waals surface area contributed by atoms with Crippen LogP contribution in [-0.4, -0.2) is 18.0 Å². The van der Waals surface area contributed by atoms with Gasteiger partial charge in [0.2, 0.25) is 5.91 Å². The lowest BCUT2D eigenvalue weighted by atomic mass is 10.3. The van der Waals surface area contributed by atoms with Crippen molar-refractivity contribution in [1.29, 1.82) is 0 Å². The second-order valence-corrected chi connectivity index (χ2v) is 2.02. The molecule has 0 bridgehead atoms. The van der Waals surface area contributed by atoms with E-state index in [2.05, 4.69) is 12.0 Å². The maximum atomic E-state index is 10.8. The Kier molecular flexibility index (Phi) is 1.53. The molecule has 0 radical (unpaired) electrons. The van der Waals surface area contributed by atoms with Crippen LogP contribution in [0.4, 0.5) is 0 Å². The third-order valence-corrected chi connectivity index (χ3v) is 1.42. The minimum absolute atomic E-state index is 0.113. The summed E-state index contributed by atoms with van der Waals surface area (Å²) in [6.07, 6.45) is 1.39. The van der Waals surface area contributed by atoms with Crippen LogP contribution in [0.25, 0.3) is 0 Å². The van der Waals surface area contributed by atoms with Crippen LogP contribution in [0.2, 0.25) is 0 Å².